The topological polar surface area (TPSA) is 88.0 Å². The van der Waals surface area contributed by atoms with Crippen LogP contribution in [-0.2, 0) is 6.18 Å². The molecule has 11 heteroatoms. The lowest BCUT2D eigenvalue weighted by Crippen LogP contribution is -2.46. The van der Waals surface area contributed by atoms with Crippen LogP contribution in [0, 0.1) is 0 Å². The molecule has 2 aromatic carbocycles. The fraction of sp³-hybridized carbons (Fsp3) is 0.259. The first-order chi connectivity index (χ1) is 18.3. The smallest absolute Gasteiger partial charge is 0.348 e. The van der Waals surface area contributed by atoms with Gasteiger partial charge in [0.1, 0.15) is 17.3 Å². The molecule has 5 rings (SSSR count). The molecule has 3 heterocycles. The Morgan fingerprint density at radius 1 is 1.03 bits per heavy atom. The third-order valence-electron chi connectivity index (χ3n) is 6.31. The molecule has 38 heavy (non-hydrogen) atoms. The summed E-state index contributed by atoms with van der Waals surface area (Å²) in [5, 5.41) is 6.44. The summed E-state index contributed by atoms with van der Waals surface area (Å²) in [5.41, 5.74) is 0.578. The highest BCUT2D eigenvalue weighted by Gasteiger charge is 2.31. The van der Waals surface area contributed by atoms with E-state index in [9.17, 15) is 18.0 Å². The van der Waals surface area contributed by atoms with Crippen LogP contribution in [0.1, 0.15) is 34.6 Å². The zero-order chi connectivity index (χ0) is 26.7. The molecule has 1 fully saturated rings. The Morgan fingerprint density at radius 2 is 1.79 bits per heavy atom. The number of halogens is 3. The van der Waals surface area contributed by atoms with Crippen LogP contribution in [0.2, 0.25) is 0 Å². The Morgan fingerprint density at radius 3 is 2.53 bits per heavy atom. The molecule has 0 spiro atoms. The third-order valence-corrected chi connectivity index (χ3v) is 6.31. The molecule has 1 saturated heterocycles. The molecule has 1 aliphatic heterocycles. The van der Waals surface area contributed by atoms with Gasteiger partial charge in [-0.1, -0.05) is 42.5 Å². The summed E-state index contributed by atoms with van der Waals surface area (Å²) >= 11 is 0. The molecule has 0 saturated carbocycles. The molecule has 1 atom stereocenters. The number of imidazole rings is 1. The fourth-order valence-electron chi connectivity index (χ4n) is 4.30. The molecule has 1 aliphatic rings. The second-order valence-corrected chi connectivity index (χ2v) is 8.96. The SMILES string of the molecule is C[C@H](Nc1nccc(-n2cc(C(=O)N3CCNCC3)nc2-c2cccc(C(F)(F)F)c2)n1)c1ccccc1. The van der Waals surface area contributed by atoms with Crippen molar-refractivity contribution < 1.29 is 18.0 Å². The molecular formula is C27H26F3N7O. The molecule has 0 radical (unpaired) electrons. The Labute approximate surface area is 217 Å². The standard InChI is InChI=1S/C27H26F3N7O/c1-18(19-6-3-2-4-7-19)33-26-32-11-10-23(35-26)37-17-22(25(38)36-14-12-31-13-15-36)34-24(37)20-8-5-9-21(16-20)27(28,29)30/h2-11,16-18,31H,12-15H2,1H3,(H,32,33,35)/t18-/m0/s1. The van der Waals surface area contributed by atoms with E-state index in [2.05, 4.69) is 25.6 Å². The second-order valence-electron chi connectivity index (χ2n) is 8.96. The summed E-state index contributed by atoms with van der Waals surface area (Å²) in [5.74, 6) is 0.582. The molecule has 0 unspecified atom stereocenters. The largest absolute Gasteiger partial charge is 0.416 e. The highest BCUT2D eigenvalue weighted by molar-refractivity contribution is 5.93. The molecule has 0 aliphatic carbocycles. The first-order valence-electron chi connectivity index (χ1n) is 12.2. The first-order valence-corrected chi connectivity index (χ1v) is 12.2. The van der Waals surface area contributed by atoms with Gasteiger partial charge in [0.15, 0.2) is 0 Å². The van der Waals surface area contributed by atoms with Crippen molar-refractivity contribution in [2.75, 3.05) is 31.5 Å². The van der Waals surface area contributed by atoms with Crippen molar-refractivity contribution >= 4 is 11.9 Å². The predicted molar refractivity (Wildman–Crippen MR) is 137 cm³/mol. The van der Waals surface area contributed by atoms with Crippen molar-refractivity contribution in [3.8, 4) is 17.2 Å². The Hall–Kier alpha value is -4.25. The monoisotopic (exact) mass is 521 g/mol. The van der Waals surface area contributed by atoms with Gasteiger partial charge in [-0.05, 0) is 30.7 Å². The summed E-state index contributed by atoms with van der Waals surface area (Å²) in [4.78, 5) is 28.3. The molecule has 0 bridgehead atoms. The summed E-state index contributed by atoms with van der Waals surface area (Å²) in [7, 11) is 0. The van der Waals surface area contributed by atoms with Gasteiger partial charge in [0.05, 0.1) is 11.6 Å². The average molecular weight is 522 g/mol. The second kappa shape index (κ2) is 10.6. The van der Waals surface area contributed by atoms with Gasteiger partial charge in [-0.2, -0.15) is 18.2 Å². The number of nitrogens with one attached hydrogen (secondary N) is 2. The number of carbonyl (C=O) groups is 1. The predicted octanol–water partition coefficient (Wildman–Crippen LogP) is 4.57. The van der Waals surface area contributed by atoms with Gasteiger partial charge in [-0.15, -0.1) is 0 Å². The first kappa shape index (κ1) is 25.4. The van der Waals surface area contributed by atoms with E-state index in [0.29, 0.717) is 37.9 Å². The molecule has 8 nitrogen and oxygen atoms in total. The number of rotatable bonds is 6. The number of hydrogen-bond donors (Lipinski definition) is 2. The number of anilines is 1. The minimum Gasteiger partial charge on any atom is -0.348 e. The maximum Gasteiger partial charge on any atom is 0.416 e. The fourth-order valence-corrected chi connectivity index (χ4v) is 4.30. The minimum absolute atomic E-state index is 0.0953. The number of nitrogens with zero attached hydrogens (tertiary/aromatic N) is 5. The number of alkyl halides is 3. The number of benzene rings is 2. The quantitative estimate of drug-likeness (QED) is 0.387. The van der Waals surface area contributed by atoms with E-state index in [1.54, 1.807) is 17.2 Å². The van der Waals surface area contributed by atoms with Gasteiger partial charge in [0, 0.05) is 44.1 Å². The zero-order valence-electron chi connectivity index (χ0n) is 20.6. The van der Waals surface area contributed by atoms with Crippen LogP contribution in [-0.4, -0.2) is 56.5 Å². The van der Waals surface area contributed by atoms with Gasteiger partial charge in [0.25, 0.3) is 5.91 Å². The van der Waals surface area contributed by atoms with E-state index in [1.165, 1.54) is 22.9 Å². The number of amides is 1. The van der Waals surface area contributed by atoms with E-state index in [0.717, 1.165) is 17.7 Å². The van der Waals surface area contributed by atoms with E-state index < -0.39 is 11.7 Å². The lowest BCUT2D eigenvalue weighted by Gasteiger charge is -2.26. The molecular weight excluding hydrogens is 495 g/mol. The third kappa shape index (κ3) is 5.52. The van der Waals surface area contributed by atoms with Crippen LogP contribution in [0.5, 0.6) is 0 Å². The molecule has 2 aromatic heterocycles. The minimum atomic E-state index is -4.52. The van der Waals surface area contributed by atoms with Crippen molar-refractivity contribution in [2.24, 2.45) is 0 Å². The van der Waals surface area contributed by atoms with E-state index in [1.807, 2.05) is 37.3 Å². The van der Waals surface area contributed by atoms with Crippen molar-refractivity contribution in [3.05, 3.63) is 89.9 Å². The molecule has 196 valence electrons. The maximum atomic E-state index is 13.5. The van der Waals surface area contributed by atoms with Gasteiger partial charge in [-0.3, -0.25) is 9.36 Å². The summed E-state index contributed by atoms with van der Waals surface area (Å²) < 4.78 is 42.0. The van der Waals surface area contributed by atoms with Gasteiger partial charge >= 0.3 is 6.18 Å². The van der Waals surface area contributed by atoms with Crippen molar-refractivity contribution in [3.63, 3.8) is 0 Å². The molecule has 2 N–H and O–H groups in total. The van der Waals surface area contributed by atoms with Crippen LogP contribution in [0.4, 0.5) is 19.1 Å². The zero-order valence-corrected chi connectivity index (χ0v) is 20.6. The highest BCUT2D eigenvalue weighted by atomic mass is 19.4. The number of hydrogen-bond acceptors (Lipinski definition) is 6. The van der Waals surface area contributed by atoms with Crippen LogP contribution < -0.4 is 10.6 Å². The number of carbonyl (C=O) groups excluding carboxylic acids is 1. The van der Waals surface area contributed by atoms with Crippen LogP contribution in [0.25, 0.3) is 17.2 Å². The van der Waals surface area contributed by atoms with Crippen molar-refractivity contribution in [1.29, 1.82) is 0 Å². The molecule has 1 amide bonds. The van der Waals surface area contributed by atoms with Crippen LogP contribution in [0.15, 0.2) is 73.1 Å². The average Bonchev–Trinajstić information content (AvgIpc) is 3.39. The summed E-state index contributed by atoms with van der Waals surface area (Å²) in [6, 6.07) is 16.2. The lowest BCUT2D eigenvalue weighted by molar-refractivity contribution is -0.137. The van der Waals surface area contributed by atoms with Gasteiger partial charge < -0.3 is 15.5 Å². The van der Waals surface area contributed by atoms with Gasteiger partial charge in [-0.25, -0.2) is 9.97 Å². The van der Waals surface area contributed by atoms with Gasteiger partial charge in [0.2, 0.25) is 5.95 Å². The number of piperazine rings is 1. The van der Waals surface area contributed by atoms with Crippen LogP contribution in [0.3, 0.4) is 0 Å². The highest BCUT2D eigenvalue weighted by Crippen LogP contribution is 2.33. The van der Waals surface area contributed by atoms with Crippen molar-refractivity contribution in [1.82, 2.24) is 29.7 Å². The van der Waals surface area contributed by atoms with Crippen molar-refractivity contribution in [2.45, 2.75) is 19.1 Å². The Bertz CT molecular complexity index is 1420. The number of aromatic nitrogens is 4. The van der Waals surface area contributed by atoms with E-state index >= 15 is 0 Å². The van der Waals surface area contributed by atoms with E-state index in [-0.39, 0.29) is 29.0 Å². The molecule has 4 aromatic rings. The lowest BCUT2D eigenvalue weighted by atomic mass is 10.1. The maximum absolute atomic E-state index is 13.5. The normalized spacial score (nSPS) is 14.8. The Kier molecular flexibility index (Phi) is 7.10. The summed E-state index contributed by atoms with van der Waals surface area (Å²) in [6.45, 7) is 4.33. The summed E-state index contributed by atoms with van der Waals surface area (Å²) in [6.07, 6.45) is -1.45. The van der Waals surface area contributed by atoms with Crippen LogP contribution >= 0.6 is 0 Å². The Balaban J connectivity index is 1.54. The van der Waals surface area contributed by atoms with E-state index in [4.69, 9.17) is 0 Å².